The number of para-hydroxylation sites is 2. The Morgan fingerprint density at radius 1 is 1.06 bits per heavy atom. The minimum atomic E-state index is -0.311. The molecule has 0 aliphatic rings. The second-order valence-corrected chi connectivity index (χ2v) is 7.62. The molecule has 8 nitrogen and oxygen atoms in total. The minimum Gasteiger partial charge on any atom is -0.493 e. The molecule has 1 N–H and O–H groups in total. The molecule has 2 heterocycles. The predicted octanol–water partition coefficient (Wildman–Crippen LogP) is 3.60. The highest BCUT2D eigenvalue weighted by molar-refractivity contribution is 7.14. The van der Waals surface area contributed by atoms with Crippen LogP contribution >= 0.6 is 11.3 Å². The fourth-order valence-electron chi connectivity index (χ4n) is 3.49. The van der Waals surface area contributed by atoms with Gasteiger partial charge >= 0.3 is 5.69 Å². The highest BCUT2D eigenvalue weighted by atomic mass is 32.1. The van der Waals surface area contributed by atoms with Crippen molar-refractivity contribution in [2.24, 2.45) is 0 Å². The number of benzene rings is 2. The summed E-state index contributed by atoms with van der Waals surface area (Å²) in [7, 11) is 3.16. The van der Waals surface area contributed by atoms with Crippen molar-refractivity contribution in [2.45, 2.75) is 20.0 Å². The lowest BCUT2D eigenvalue weighted by atomic mass is 10.1. The first-order valence-electron chi connectivity index (χ1n) is 9.71. The number of rotatable bonds is 7. The smallest absolute Gasteiger partial charge is 0.329 e. The van der Waals surface area contributed by atoms with E-state index in [2.05, 4.69) is 10.3 Å². The zero-order valence-electron chi connectivity index (χ0n) is 17.4. The average molecular weight is 439 g/mol. The number of anilines is 1. The third-order valence-electron chi connectivity index (χ3n) is 4.97. The number of amides is 1. The van der Waals surface area contributed by atoms with Gasteiger partial charge in [0.15, 0.2) is 16.6 Å². The van der Waals surface area contributed by atoms with Gasteiger partial charge in [0.25, 0.3) is 0 Å². The number of carbonyl (C=O) groups excluding carboxylic acids is 1. The summed E-state index contributed by atoms with van der Waals surface area (Å²) in [6.07, 6.45) is 0. The fourth-order valence-corrected chi connectivity index (χ4v) is 4.23. The van der Waals surface area contributed by atoms with Crippen molar-refractivity contribution < 1.29 is 14.3 Å². The Labute approximate surface area is 182 Å². The summed E-state index contributed by atoms with van der Waals surface area (Å²) in [6, 6.07) is 13.0. The highest BCUT2D eigenvalue weighted by Crippen LogP contribution is 2.33. The summed E-state index contributed by atoms with van der Waals surface area (Å²) >= 11 is 1.32. The molecule has 9 heteroatoms. The van der Waals surface area contributed by atoms with Crippen LogP contribution in [0.15, 0.2) is 52.6 Å². The van der Waals surface area contributed by atoms with E-state index in [0.29, 0.717) is 28.9 Å². The summed E-state index contributed by atoms with van der Waals surface area (Å²) in [5, 5.41) is 5.11. The van der Waals surface area contributed by atoms with Crippen LogP contribution in [-0.4, -0.2) is 34.2 Å². The molecule has 4 aromatic rings. The highest BCUT2D eigenvalue weighted by Gasteiger charge is 2.16. The molecule has 31 heavy (non-hydrogen) atoms. The third kappa shape index (κ3) is 3.91. The lowest BCUT2D eigenvalue weighted by Gasteiger charge is -2.08. The van der Waals surface area contributed by atoms with Gasteiger partial charge in [-0.1, -0.05) is 12.1 Å². The minimum absolute atomic E-state index is 0.0857. The monoisotopic (exact) mass is 438 g/mol. The maximum absolute atomic E-state index is 12.7. The Balaban J connectivity index is 1.54. The third-order valence-corrected chi connectivity index (χ3v) is 5.73. The van der Waals surface area contributed by atoms with Gasteiger partial charge in [0.2, 0.25) is 5.91 Å². The summed E-state index contributed by atoms with van der Waals surface area (Å²) in [6.45, 7) is 2.36. The largest absolute Gasteiger partial charge is 0.493 e. The van der Waals surface area contributed by atoms with Crippen LogP contribution in [0.25, 0.3) is 22.3 Å². The number of aryl methyl sites for hydroxylation is 1. The summed E-state index contributed by atoms with van der Waals surface area (Å²) in [4.78, 5) is 29.9. The quantitative estimate of drug-likeness (QED) is 0.476. The van der Waals surface area contributed by atoms with Crippen molar-refractivity contribution in [2.75, 3.05) is 19.5 Å². The van der Waals surface area contributed by atoms with Gasteiger partial charge in [-0.2, -0.15) is 0 Å². The molecule has 0 atom stereocenters. The van der Waals surface area contributed by atoms with Gasteiger partial charge in [-0.05, 0) is 37.3 Å². The molecule has 2 aromatic heterocycles. The van der Waals surface area contributed by atoms with E-state index < -0.39 is 0 Å². The average Bonchev–Trinajstić information content (AvgIpc) is 3.35. The van der Waals surface area contributed by atoms with Crippen molar-refractivity contribution in [1.29, 1.82) is 0 Å². The maximum atomic E-state index is 12.7. The normalized spacial score (nSPS) is 10.9. The number of hydrogen-bond acceptors (Lipinski definition) is 6. The number of hydrogen-bond donors (Lipinski definition) is 1. The van der Waals surface area contributed by atoms with Gasteiger partial charge in [0.05, 0.1) is 30.9 Å². The van der Waals surface area contributed by atoms with Crippen molar-refractivity contribution in [1.82, 2.24) is 14.1 Å². The van der Waals surface area contributed by atoms with Crippen LogP contribution < -0.4 is 20.5 Å². The Morgan fingerprint density at radius 2 is 1.77 bits per heavy atom. The number of aromatic nitrogens is 3. The zero-order chi connectivity index (χ0) is 22.0. The van der Waals surface area contributed by atoms with E-state index >= 15 is 0 Å². The molecule has 2 aromatic carbocycles. The summed E-state index contributed by atoms with van der Waals surface area (Å²) in [5.41, 5.74) is 2.89. The Bertz CT molecular complexity index is 1300. The van der Waals surface area contributed by atoms with E-state index in [9.17, 15) is 9.59 Å². The number of carbonyl (C=O) groups is 1. The first-order valence-corrected chi connectivity index (χ1v) is 10.6. The molecular weight excluding hydrogens is 416 g/mol. The van der Waals surface area contributed by atoms with Crippen LogP contribution in [-0.2, 0) is 17.9 Å². The van der Waals surface area contributed by atoms with Crippen molar-refractivity contribution in [3.63, 3.8) is 0 Å². The molecule has 0 bridgehead atoms. The summed E-state index contributed by atoms with van der Waals surface area (Å²) < 4.78 is 13.7. The van der Waals surface area contributed by atoms with Gasteiger partial charge in [0, 0.05) is 17.5 Å². The van der Waals surface area contributed by atoms with Gasteiger partial charge in [-0.3, -0.25) is 13.9 Å². The van der Waals surface area contributed by atoms with E-state index in [1.165, 1.54) is 15.9 Å². The van der Waals surface area contributed by atoms with Gasteiger partial charge in [-0.15, -0.1) is 11.3 Å². The second kappa shape index (κ2) is 8.65. The molecule has 0 spiro atoms. The van der Waals surface area contributed by atoms with Gasteiger partial charge in [0.1, 0.15) is 6.54 Å². The topological polar surface area (TPSA) is 87.4 Å². The first-order chi connectivity index (χ1) is 15.0. The number of thiazole rings is 1. The molecule has 4 rings (SSSR count). The van der Waals surface area contributed by atoms with E-state index in [1.54, 1.807) is 18.8 Å². The SMILES string of the molecule is CCn1c(=O)n(CC(=O)Nc2nc(-c3ccc(OC)c(OC)c3)cs2)c2ccccc21. The first kappa shape index (κ1) is 20.7. The summed E-state index contributed by atoms with van der Waals surface area (Å²) in [5.74, 6) is 0.922. The lowest BCUT2D eigenvalue weighted by molar-refractivity contribution is -0.116. The molecule has 0 radical (unpaired) electrons. The van der Waals surface area contributed by atoms with Crippen LogP contribution in [0.5, 0.6) is 11.5 Å². The van der Waals surface area contributed by atoms with Gasteiger partial charge < -0.3 is 14.8 Å². The van der Waals surface area contributed by atoms with Crippen LogP contribution in [0.1, 0.15) is 6.92 Å². The molecule has 0 saturated carbocycles. The predicted molar refractivity (Wildman–Crippen MR) is 121 cm³/mol. The number of imidazole rings is 1. The van der Waals surface area contributed by atoms with Crippen molar-refractivity contribution >= 4 is 33.4 Å². The Hall–Kier alpha value is -3.59. The molecule has 0 unspecified atom stereocenters. The molecule has 160 valence electrons. The van der Waals surface area contributed by atoms with E-state index in [0.717, 1.165) is 16.6 Å². The van der Waals surface area contributed by atoms with E-state index in [1.807, 2.05) is 54.8 Å². The van der Waals surface area contributed by atoms with Crippen molar-refractivity contribution in [3.05, 3.63) is 58.3 Å². The Morgan fingerprint density at radius 3 is 2.45 bits per heavy atom. The number of methoxy groups -OCH3 is 2. The molecule has 0 aliphatic carbocycles. The number of nitrogens with one attached hydrogen (secondary N) is 1. The van der Waals surface area contributed by atoms with E-state index in [4.69, 9.17) is 9.47 Å². The molecule has 0 aliphatic heterocycles. The molecule has 0 fully saturated rings. The van der Waals surface area contributed by atoms with E-state index in [-0.39, 0.29) is 18.1 Å². The van der Waals surface area contributed by atoms with Crippen LogP contribution in [0.3, 0.4) is 0 Å². The molecular formula is C22H22N4O4S. The van der Waals surface area contributed by atoms with Gasteiger partial charge in [-0.25, -0.2) is 9.78 Å². The van der Waals surface area contributed by atoms with Crippen molar-refractivity contribution in [3.8, 4) is 22.8 Å². The second-order valence-electron chi connectivity index (χ2n) is 6.76. The maximum Gasteiger partial charge on any atom is 0.329 e. The Kier molecular flexibility index (Phi) is 5.77. The molecule has 1 amide bonds. The number of nitrogens with zero attached hydrogens (tertiary/aromatic N) is 3. The fraction of sp³-hybridized carbons (Fsp3) is 0.227. The van der Waals surface area contributed by atoms with Crippen LogP contribution in [0.4, 0.5) is 5.13 Å². The zero-order valence-corrected chi connectivity index (χ0v) is 18.2. The lowest BCUT2D eigenvalue weighted by Crippen LogP contribution is -2.29. The standard InChI is InChI=1S/C22H22N4O4S/c1-4-25-16-7-5-6-8-17(16)26(22(25)28)12-20(27)24-21-23-15(13-31-21)14-9-10-18(29-2)19(11-14)30-3/h5-11,13H,4,12H2,1-3H3,(H,23,24,27). The van der Waals surface area contributed by atoms with Crippen LogP contribution in [0, 0.1) is 0 Å². The molecule has 0 saturated heterocycles. The van der Waals surface area contributed by atoms with Crippen LogP contribution in [0.2, 0.25) is 0 Å². The number of fused-ring (bicyclic) bond motifs is 1. The number of ether oxygens (including phenoxy) is 2.